The highest BCUT2D eigenvalue weighted by Gasteiger charge is 2.28. The first-order chi connectivity index (χ1) is 6.45. The average Bonchev–Trinajstić information content (AvgIpc) is 2.34. The number of nitrogens with one attached hydrogen (secondary N) is 1. The Labute approximate surface area is 80.1 Å². The number of aryl methyl sites for hydroxylation is 1. The Bertz CT molecular complexity index is 390. The molecule has 1 atom stereocenters. The topological polar surface area (TPSA) is 86.5 Å². The maximum absolute atomic E-state index is 11.3. The number of carboxylic acids is 1. The van der Waals surface area contributed by atoms with Gasteiger partial charge >= 0.3 is 5.97 Å². The van der Waals surface area contributed by atoms with E-state index in [9.17, 15) is 9.59 Å². The van der Waals surface area contributed by atoms with Crippen molar-refractivity contribution in [2.45, 2.75) is 13.0 Å². The molecule has 0 amide bonds. The van der Waals surface area contributed by atoms with Gasteiger partial charge in [-0.1, -0.05) is 0 Å². The summed E-state index contributed by atoms with van der Waals surface area (Å²) >= 11 is 0. The van der Waals surface area contributed by atoms with Crippen LogP contribution in [0.5, 0.6) is 0 Å². The molecule has 1 heterocycles. The molecule has 1 aromatic heterocycles. The first-order valence-corrected chi connectivity index (χ1v) is 4.02. The van der Waals surface area contributed by atoms with Crippen molar-refractivity contribution in [3.05, 3.63) is 21.7 Å². The number of carbonyl (C=O) groups is 1. The lowest BCUT2D eigenvalue weighted by Gasteiger charge is -2.17. The molecule has 0 spiro atoms. The number of carboxylic acid groups (broad SMARTS) is 1. The van der Waals surface area contributed by atoms with Gasteiger partial charge in [-0.05, 0) is 21.0 Å². The number of aliphatic carboxylic acids is 1. The van der Waals surface area contributed by atoms with Crippen molar-refractivity contribution in [2.24, 2.45) is 0 Å². The lowest BCUT2D eigenvalue weighted by molar-refractivity contribution is -0.142. The van der Waals surface area contributed by atoms with Crippen LogP contribution in [-0.2, 0) is 4.79 Å². The minimum absolute atomic E-state index is 0.141. The summed E-state index contributed by atoms with van der Waals surface area (Å²) in [6.07, 6.45) is 0. The van der Waals surface area contributed by atoms with Gasteiger partial charge in [-0.3, -0.25) is 14.5 Å². The van der Waals surface area contributed by atoms with Crippen LogP contribution in [0.4, 0.5) is 0 Å². The van der Waals surface area contributed by atoms with Crippen molar-refractivity contribution in [1.29, 1.82) is 0 Å². The molecule has 0 unspecified atom stereocenters. The number of hydrogen-bond donors (Lipinski definition) is 2. The number of hydrogen-bond acceptors (Lipinski definition) is 4. The van der Waals surface area contributed by atoms with E-state index in [-0.39, 0.29) is 5.56 Å². The molecule has 1 rings (SSSR count). The summed E-state index contributed by atoms with van der Waals surface area (Å²) in [4.78, 5) is 23.6. The Hall–Kier alpha value is -1.56. The van der Waals surface area contributed by atoms with Crippen LogP contribution in [0.2, 0.25) is 0 Å². The number of likely N-dealkylation sites (N-methyl/N-ethyl adjacent to an activating group) is 1. The SMILES string of the molecule is Cc1o[nH]c(=O)c1[C@@H](C(=O)O)N(C)C. The Morgan fingerprint density at radius 1 is 1.57 bits per heavy atom. The Morgan fingerprint density at radius 2 is 2.14 bits per heavy atom. The van der Waals surface area contributed by atoms with E-state index in [1.165, 1.54) is 4.90 Å². The highest BCUT2D eigenvalue weighted by molar-refractivity contribution is 5.75. The van der Waals surface area contributed by atoms with E-state index in [1.807, 2.05) is 0 Å². The molecule has 0 saturated carbocycles. The molecule has 78 valence electrons. The van der Waals surface area contributed by atoms with Gasteiger partial charge in [0.05, 0.1) is 5.56 Å². The summed E-state index contributed by atoms with van der Waals surface area (Å²) < 4.78 is 4.75. The number of H-pyrrole nitrogens is 1. The Morgan fingerprint density at radius 3 is 2.43 bits per heavy atom. The van der Waals surface area contributed by atoms with E-state index in [1.54, 1.807) is 21.0 Å². The predicted molar refractivity (Wildman–Crippen MR) is 48.1 cm³/mol. The van der Waals surface area contributed by atoms with Gasteiger partial charge in [0.2, 0.25) is 0 Å². The van der Waals surface area contributed by atoms with Crippen molar-refractivity contribution in [2.75, 3.05) is 14.1 Å². The lowest BCUT2D eigenvalue weighted by atomic mass is 10.1. The predicted octanol–water partition coefficient (Wildman–Crippen LogP) is -0.0364. The molecule has 2 N–H and O–H groups in total. The molecular formula is C8H12N2O4. The van der Waals surface area contributed by atoms with Gasteiger partial charge in [-0.2, -0.15) is 5.16 Å². The maximum atomic E-state index is 11.3. The smallest absolute Gasteiger partial charge is 0.325 e. The van der Waals surface area contributed by atoms with Crippen LogP contribution in [0.15, 0.2) is 9.32 Å². The second kappa shape index (κ2) is 3.67. The summed E-state index contributed by atoms with van der Waals surface area (Å²) in [5, 5.41) is 11.0. The fourth-order valence-electron chi connectivity index (χ4n) is 1.31. The zero-order valence-corrected chi connectivity index (χ0v) is 8.20. The zero-order chi connectivity index (χ0) is 10.9. The molecule has 0 radical (unpaired) electrons. The fourth-order valence-corrected chi connectivity index (χ4v) is 1.31. The quantitative estimate of drug-likeness (QED) is 0.715. The zero-order valence-electron chi connectivity index (χ0n) is 8.20. The van der Waals surface area contributed by atoms with Crippen LogP contribution in [0.1, 0.15) is 17.4 Å². The second-order valence-electron chi connectivity index (χ2n) is 3.21. The third kappa shape index (κ3) is 1.69. The second-order valence-corrected chi connectivity index (χ2v) is 3.21. The van der Waals surface area contributed by atoms with Gasteiger partial charge in [-0.25, -0.2) is 0 Å². The van der Waals surface area contributed by atoms with Crippen LogP contribution in [0, 0.1) is 6.92 Å². The first-order valence-electron chi connectivity index (χ1n) is 4.02. The monoisotopic (exact) mass is 200 g/mol. The molecule has 0 saturated heterocycles. The minimum Gasteiger partial charge on any atom is -0.480 e. The molecule has 0 aliphatic carbocycles. The molecule has 0 aromatic carbocycles. The molecule has 1 aromatic rings. The van der Waals surface area contributed by atoms with Gasteiger partial charge < -0.3 is 9.63 Å². The lowest BCUT2D eigenvalue weighted by Crippen LogP contribution is -2.31. The van der Waals surface area contributed by atoms with Gasteiger partial charge in [0.1, 0.15) is 11.8 Å². The fraction of sp³-hybridized carbons (Fsp3) is 0.500. The first kappa shape index (κ1) is 10.5. The van der Waals surface area contributed by atoms with E-state index in [2.05, 4.69) is 5.16 Å². The molecule has 6 heteroatoms. The highest BCUT2D eigenvalue weighted by atomic mass is 16.5. The van der Waals surface area contributed by atoms with Crippen molar-refractivity contribution < 1.29 is 14.4 Å². The highest BCUT2D eigenvalue weighted by Crippen LogP contribution is 2.17. The third-order valence-electron chi connectivity index (χ3n) is 1.94. The molecular weight excluding hydrogens is 188 g/mol. The summed E-state index contributed by atoms with van der Waals surface area (Å²) in [5.74, 6) is -0.777. The van der Waals surface area contributed by atoms with E-state index >= 15 is 0 Å². The summed E-state index contributed by atoms with van der Waals surface area (Å²) in [6, 6.07) is -0.975. The van der Waals surface area contributed by atoms with E-state index in [0.717, 1.165) is 0 Å². The van der Waals surface area contributed by atoms with Crippen LogP contribution in [0.25, 0.3) is 0 Å². The van der Waals surface area contributed by atoms with Gasteiger partial charge in [0, 0.05) is 0 Å². The van der Waals surface area contributed by atoms with Gasteiger partial charge in [0.15, 0.2) is 0 Å². The maximum Gasteiger partial charge on any atom is 0.325 e. The largest absolute Gasteiger partial charge is 0.480 e. The van der Waals surface area contributed by atoms with Crippen molar-refractivity contribution in [3.8, 4) is 0 Å². The number of aromatic nitrogens is 1. The van der Waals surface area contributed by atoms with Crippen LogP contribution in [0.3, 0.4) is 0 Å². The molecule has 0 bridgehead atoms. The number of nitrogens with zero attached hydrogens (tertiary/aromatic N) is 1. The van der Waals surface area contributed by atoms with Crippen molar-refractivity contribution >= 4 is 5.97 Å². The van der Waals surface area contributed by atoms with Crippen molar-refractivity contribution in [3.63, 3.8) is 0 Å². The van der Waals surface area contributed by atoms with Crippen LogP contribution >= 0.6 is 0 Å². The van der Waals surface area contributed by atoms with Crippen molar-refractivity contribution in [1.82, 2.24) is 10.1 Å². The third-order valence-corrected chi connectivity index (χ3v) is 1.94. The van der Waals surface area contributed by atoms with Gasteiger partial charge in [0.25, 0.3) is 5.56 Å². The Balaban J connectivity index is 3.24. The van der Waals surface area contributed by atoms with Gasteiger partial charge in [-0.15, -0.1) is 0 Å². The molecule has 6 nitrogen and oxygen atoms in total. The molecule has 14 heavy (non-hydrogen) atoms. The number of aromatic amines is 1. The molecule has 0 aliphatic heterocycles. The summed E-state index contributed by atoms with van der Waals surface area (Å²) in [6.45, 7) is 1.55. The van der Waals surface area contributed by atoms with E-state index in [4.69, 9.17) is 9.63 Å². The standard InChI is InChI=1S/C8H12N2O4/c1-4-5(7(11)9-14-4)6(8(12)13)10(2)3/h6H,1-3H3,(H,9,11)(H,12,13)/t6-/m0/s1. The van der Waals surface area contributed by atoms with Crippen LogP contribution in [-0.4, -0.2) is 35.2 Å². The normalized spacial score (nSPS) is 13.1. The molecule has 0 aliphatic rings. The van der Waals surface area contributed by atoms with Crippen LogP contribution < -0.4 is 5.56 Å². The minimum atomic E-state index is -1.08. The van der Waals surface area contributed by atoms with E-state index in [0.29, 0.717) is 5.76 Å². The average molecular weight is 200 g/mol. The molecule has 0 fully saturated rings. The summed E-state index contributed by atoms with van der Waals surface area (Å²) in [7, 11) is 3.18. The Kier molecular flexibility index (Phi) is 2.76. The summed E-state index contributed by atoms with van der Waals surface area (Å²) in [5.41, 5.74) is -0.355. The van der Waals surface area contributed by atoms with E-state index < -0.39 is 17.6 Å². The number of rotatable bonds is 3.